The van der Waals surface area contributed by atoms with Crippen LogP contribution in [0.25, 0.3) is 42.8 Å². The van der Waals surface area contributed by atoms with Crippen molar-refractivity contribution >= 4 is 56.4 Å². The van der Waals surface area contributed by atoms with E-state index in [1.54, 1.807) is 22.7 Å². The Kier molecular flexibility index (Phi) is 6.69. The molecule has 2 amide bonds. The largest absolute Gasteiger partial charge is 0.270 e. The van der Waals surface area contributed by atoms with E-state index in [4.69, 9.17) is 0 Å². The molecule has 0 aliphatic carbocycles. The van der Waals surface area contributed by atoms with Crippen molar-refractivity contribution in [2.75, 3.05) is 0 Å². The summed E-state index contributed by atoms with van der Waals surface area (Å²) < 4.78 is 0. The van der Waals surface area contributed by atoms with Crippen LogP contribution in [-0.2, 0) is 16.1 Å². The summed E-state index contributed by atoms with van der Waals surface area (Å²) in [5.41, 5.74) is 5.81. The minimum Gasteiger partial charge on any atom is -0.270 e. The number of rotatable bonds is 6. The quantitative estimate of drug-likeness (QED) is 0.184. The fourth-order valence-corrected chi connectivity index (χ4v) is 7.86. The minimum atomic E-state index is -0.240. The van der Waals surface area contributed by atoms with Crippen molar-refractivity contribution in [2.45, 2.75) is 20.4 Å². The average Bonchev–Trinajstić information content (AvgIpc) is 3.66. The molecule has 7 rings (SSSR count). The maximum absolute atomic E-state index is 14.3. The summed E-state index contributed by atoms with van der Waals surface area (Å²) in [6.07, 6.45) is 0. The molecular formula is C37H27NO2S2. The third-order valence-corrected chi connectivity index (χ3v) is 10.0. The summed E-state index contributed by atoms with van der Waals surface area (Å²) >= 11 is 3.32. The lowest BCUT2D eigenvalue weighted by Gasteiger charge is -2.15. The van der Waals surface area contributed by atoms with Crippen LogP contribution in [-0.4, -0.2) is 16.7 Å². The van der Waals surface area contributed by atoms with Crippen molar-refractivity contribution in [3.8, 4) is 20.9 Å². The smallest absolute Gasteiger partial charge is 0.262 e. The molecular weight excluding hydrogens is 555 g/mol. The van der Waals surface area contributed by atoms with Gasteiger partial charge in [0.15, 0.2) is 0 Å². The molecule has 1 aliphatic rings. The third kappa shape index (κ3) is 4.51. The summed E-state index contributed by atoms with van der Waals surface area (Å²) in [6.45, 7) is 4.32. The molecule has 1 aliphatic heterocycles. The topological polar surface area (TPSA) is 37.4 Å². The number of carbonyl (C=O) groups excluding carboxylic acids is 2. The van der Waals surface area contributed by atoms with Gasteiger partial charge in [-0.25, -0.2) is 0 Å². The van der Waals surface area contributed by atoms with Gasteiger partial charge in [-0.15, -0.1) is 22.7 Å². The molecule has 0 fully saturated rings. The average molecular weight is 582 g/mol. The highest BCUT2D eigenvalue weighted by Crippen LogP contribution is 2.45. The van der Waals surface area contributed by atoms with E-state index in [1.807, 2.05) is 68.4 Å². The summed E-state index contributed by atoms with van der Waals surface area (Å²) in [5.74, 6) is -0.479. The van der Waals surface area contributed by atoms with Gasteiger partial charge in [-0.05, 0) is 53.4 Å². The number of aryl methyl sites for hydroxylation is 2. The molecule has 5 heteroatoms. The predicted octanol–water partition coefficient (Wildman–Crippen LogP) is 9.39. The van der Waals surface area contributed by atoms with Crippen LogP contribution >= 0.6 is 22.7 Å². The number of fused-ring (bicyclic) bond motifs is 1. The Hall–Kier alpha value is -4.58. The standard InChI is InChI=1S/C37H27NO2S2/c1-23-30(20-32(41-23)27-15-7-4-8-16-27)34-35(37(40)38(36(34)39)22-25-12-5-3-6-13-25)31-21-33(42-24(31)2)29-19-11-17-26-14-9-10-18-28(26)29/h3-21H,22H2,1-2H3. The van der Waals surface area contributed by atoms with Crippen molar-refractivity contribution < 1.29 is 9.59 Å². The molecule has 3 nitrogen and oxygen atoms in total. The van der Waals surface area contributed by atoms with Gasteiger partial charge in [0, 0.05) is 30.6 Å². The van der Waals surface area contributed by atoms with E-state index in [0.717, 1.165) is 47.3 Å². The number of hydrogen-bond acceptors (Lipinski definition) is 4. The van der Waals surface area contributed by atoms with Gasteiger partial charge >= 0.3 is 0 Å². The van der Waals surface area contributed by atoms with Crippen LogP contribution in [0.4, 0.5) is 0 Å². The Labute approximate surface area is 253 Å². The minimum absolute atomic E-state index is 0.236. The zero-order valence-electron chi connectivity index (χ0n) is 23.3. The number of thiophene rings is 2. The number of imide groups is 1. The Bertz CT molecular complexity index is 2010. The van der Waals surface area contributed by atoms with Gasteiger partial charge in [-0.3, -0.25) is 14.5 Å². The van der Waals surface area contributed by atoms with E-state index in [9.17, 15) is 9.59 Å². The van der Waals surface area contributed by atoms with E-state index >= 15 is 0 Å². The lowest BCUT2D eigenvalue weighted by molar-refractivity contribution is -0.136. The summed E-state index contributed by atoms with van der Waals surface area (Å²) in [5, 5.41) is 2.34. The highest BCUT2D eigenvalue weighted by Gasteiger charge is 2.41. The predicted molar refractivity (Wildman–Crippen MR) is 175 cm³/mol. The van der Waals surface area contributed by atoms with E-state index in [-0.39, 0.29) is 18.4 Å². The van der Waals surface area contributed by atoms with Gasteiger partial charge < -0.3 is 0 Å². The van der Waals surface area contributed by atoms with Gasteiger partial charge in [-0.1, -0.05) is 103 Å². The van der Waals surface area contributed by atoms with Crippen LogP contribution in [0.2, 0.25) is 0 Å². The van der Waals surface area contributed by atoms with Crippen molar-refractivity contribution in [3.05, 3.63) is 142 Å². The molecule has 0 spiro atoms. The van der Waals surface area contributed by atoms with Gasteiger partial charge in [0.2, 0.25) is 0 Å². The second kappa shape index (κ2) is 10.7. The molecule has 2 aromatic heterocycles. The Morgan fingerprint density at radius 2 is 1.12 bits per heavy atom. The number of carbonyl (C=O) groups is 2. The molecule has 0 saturated carbocycles. The molecule has 6 aromatic rings. The van der Waals surface area contributed by atoms with Gasteiger partial charge in [0.05, 0.1) is 17.7 Å². The number of amides is 2. The third-order valence-electron chi connectivity index (χ3n) is 7.84. The summed E-state index contributed by atoms with van der Waals surface area (Å²) in [7, 11) is 0. The first-order valence-electron chi connectivity index (χ1n) is 13.9. The molecule has 0 saturated heterocycles. The Morgan fingerprint density at radius 1 is 0.571 bits per heavy atom. The van der Waals surface area contributed by atoms with Crippen LogP contribution in [0.15, 0.2) is 115 Å². The lowest BCUT2D eigenvalue weighted by Crippen LogP contribution is -2.31. The van der Waals surface area contributed by atoms with Crippen molar-refractivity contribution in [2.24, 2.45) is 0 Å². The van der Waals surface area contributed by atoms with Gasteiger partial charge in [0.1, 0.15) is 0 Å². The van der Waals surface area contributed by atoms with Gasteiger partial charge in [-0.2, -0.15) is 0 Å². The number of nitrogens with zero attached hydrogens (tertiary/aromatic N) is 1. The highest BCUT2D eigenvalue weighted by molar-refractivity contribution is 7.16. The molecule has 4 aromatic carbocycles. The highest BCUT2D eigenvalue weighted by atomic mass is 32.1. The second-order valence-electron chi connectivity index (χ2n) is 10.5. The van der Waals surface area contributed by atoms with Crippen LogP contribution in [0.3, 0.4) is 0 Å². The van der Waals surface area contributed by atoms with Crippen LogP contribution in [0.5, 0.6) is 0 Å². The normalized spacial score (nSPS) is 13.5. The van der Waals surface area contributed by atoms with Gasteiger partial charge in [0.25, 0.3) is 11.8 Å². The van der Waals surface area contributed by atoms with E-state index in [2.05, 4.69) is 60.7 Å². The Balaban J connectivity index is 1.40. The maximum Gasteiger partial charge on any atom is 0.262 e. The lowest BCUT2D eigenvalue weighted by atomic mass is 9.95. The van der Waals surface area contributed by atoms with Crippen LogP contribution < -0.4 is 0 Å². The van der Waals surface area contributed by atoms with Crippen molar-refractivity contribution in [1.29, 1.82) is 0 Å². The van der Waals surface area contributed by atoms with E-state index < -0.39 is 0 Å². The van der Waals surface area contributed by atoms with E-state index in [1.165, 1.54) is 15.7 Å². The first-order valence-corrected chi connectivity index (χ1v) is 15.5. The molecule has 0 N–H and O–H groups in total. The van der Waals surface area contributed by atoms with Crippen LogP contribution in [0, 0.1) is 13.8 Å². The molecule has 0 radical (unpaired) electrons. The molecule has 0 bridgehead atoms. The van der Waals surface area contributed by atoms with Crippen molar-refractivity contribution in [3.63, 3.8) is 0 Å². The number of benzene rings is 4. The molecule has 0 atom stereocenters. The maximum atomic E-state index is 14.3. The molecule has 0 unspecified atom stereocenters. The molecule has 3 heterocycles. The van der Waals surface area contributed by atoms with Crippen LogP contribution in [0.1, 0.15) is 26.4 Å². The first-order chi connectivity index (χ1) is 20.5. The Morgan fingerprint density at radius 3 is 1.81 bits per heavy atom. The number of hydrogen-bond donors (Lipinski definition) is 0. The monoisotopic (exact) mass is 581 g/mol. The molecule has 42 heavy (non-hydrogen) atoms. The fourth-order valence-electron chi connectivity index (χ4n) is 5.76. The zero-order valence-corrected chi connectivity index (χ0v) is 24.9. The SMILES string of the molecule is Cc1sc(-c2ccccc2)cc1C1=C(c2cc(-c3cccc4ccccc34)sc2C)C(=O)N(Cc2ccccc2)C1=O. The molecule has 204 valence electrons. The zero-order chi connectivity index (χ0) is 28.8. The van der Waals surface area contributed by atoms with Crippen molar-refractivity contribution in [1.82, 2.24) is 4.90 Å². The first kappa shape index (κ1) is 26.3. The summed E-state index contributed by atoms with van der Waals surface area (Å²) in [6, 6.07) is 38.8. The second-order valence-corrected chi connectivity index (χ2v) is 13.0. The van der Waals surface area contributed by atoms with E-state index in [0.29, 0.717) is 11.1 Å². The fraction of sp³-hybridized carbons (Fsp3) is 0.0811. The summed E-state index contributed by atoms with van der Waals surface area (Å²) in [4.78, 5) is 34.1.